The summed E-state index contributed by atoms with van der Waals surface area (Å²) in [5, 5.41) is 7.33. The molecule has 2 fully saturated rings. The van der Waals surface area contributed by atoms with Crippen LogP contribution < -0.4 is 5.32 Å². The third-order valence-corrected chi connectivity index (χ3v) is 3.06. The van der Waals surface area contributed by atoms with Gasteiger partial charge in [0.25, 0.3) is 0 Å². The number of rotatable bonds is 3. The fraction of sp³-hybridized carbons (Fsp3) is 0.800. The lowest BCUT2D eigenvalue weighted by molar-refractivity contribution is 0.354. The summed E-state index contributed by atoms with van der Waals surface area (Å²) >= 11 is 0. The van der Waals surface area contributed by atoms with Gasteiger partial charge in [0.1, 0.15) is 0 Å². The maximum absolute atomic E-state index is 5.28. The van der Waals surface area contributed by atoms with Gasteiger partial charge in [0.15, 0.2) is 5.82 Å². The molecule has 76 valence electrons. The normalized spacial score (nSPS) is 27.0. The predicted octanol–water partition coefficient (Wildman–Crippen LogP) is 1.10. The van der Waals surface area contributed by atoms with Crippen molar-refractivity contribution in [3.05, 3.63) is 11.7 Å². The topological polar surface area (TPSA) is 51.0 Å². The highest BCUT2D eigenvalue weighted by atomic mass is 16.5. The lowest BCUT2D eigenvalue weighted by Crippen LogP contribution is -2.08. The van der Waals surface area contributed by atoms with Gasteiger partial charge in [-0.2, -0.15) is 4.98 Å². The van der Waals surface area contributed by atoms with E-state index in [0.29, 0.717) is 5.92 Å². The Bertz CT molecular complexity index is 313. The lowest BCUT2D eigenvalue weighted by atomic mass is 10.1. The molecule has 1 atom stereocenters. The second-order valence-electron chi connectivity index (χ2n) is 4.39. The van der Waals surface area contributed by atoms with E-state index >= 15 is 0 Å². The second-order valence-corrected chi connectivity index (χ2v) is 4.39. The molecule has 0 radical (unpaired) electrons. The fourth-order valence-electron chi connectivity index (χ4n) is 1.96. The summed E-state index contributed by atoms with van der Waals surface area (Å²) in [5.41, 5.74) is 0. The summed E-state index contributed by atoms with van der Waals surface area (Å²) in [6, 6.07) is 0. The standard InChI is InChI=1S/C10H15N3O/c1-2-7(1)5-9-12-10(14-13-9)8-3-4-11-6-8/h7-8,11H,1-6H2. The molecule has 14 heavy (non-hydrogen) atoms. The molecule has 1 aliphatic carbocycles. The average Bonchev–Trinajstić information content (AvgIpc) is 2.71. The van der Waals surface area contributed by atoms with Crippen molar-refractivity contribution in [2.45, 2.75) is 31.6 Å². The molecule has 1 N–H and O–H groups in total. The Morgan fingerprint density at radius 2 is 2.29 bits per heavy atom. The Kier molecular flexibility index (Phi) is 2.01. The van der Waals surface area contributed by atoms with Gasteiger partial charge in [-0.3, -0.25) is 0 Å². The van der Waals surface area contributed by atoms with Crippen LogP contribution in [0.15, 0.2) is 4.52 Å². The number of hydrogen-bond donors (Lipinski definition) is 1. The van der Waals surface area contributed by atoms with Crippen LogP contribution in [0, 0.1) is 5.92 Å². The van der Waals surface area contributed by atoms with E-state index in [9.17, 15) is 0 Å². The van der Waals surface area contributed by atoms with Gasteiger partial charge in [-0.15, -0.1) is 0 Å². The zero-order valence-corrected chi connectivity index (χ0v) is 8.20. The van der Waals surface area contributed by atoms with E-state index < -0.39 is 0 Å². The molecule has 1 aromatic rings. The van der Waals surface area contributed by atoms with Gasteiger partial charge in [0.05, 0.1) is 5.92 Å². The Labute approximate surface area is 83.1 Å². The van der Waals surface area contributed by atoms with Gasteiger partial charge in [0.2, 0.25) is 5.89 Å². The molecule has 4 heteroatoms. The number of nitrogens with zero attached hydrogens (tertiary/aromatic N) is 2. The maximum atomic E-state index is 5.28. The van der Waals surface area contributed by atoms with E-state index in [1.807, 2.05) is 0 Å². The highest BCUT2D eigenvalue weighted by Crippen LogP contribution is 2.32. The molecule has 0 bridgehead atoms. The van der Waals surface area contributed by atoms with Crippen LogP contribution in [0.3, 0.4) is 0 Å². The van der Waals surface area contributed by atoms with Crippen LogP contribution in [-0.4, -0.2) is 23.2 Å². The first-order valence-electron chi connectivity index (χ1n) is 5.45. The first-order chi connectivity index (χ1) is 6.92. The number of aromatic nitrogens is 2. The van der Waals surface area contributed by atoms with Crippen molar-refractivity contribution < 1.29 is 4.52 Å². The minimum Gasteiger partial charge on any atom is -0.339 e. The molecule has 1 saturated heterocycles. The van der Waals surface area contributed by atoms with E-state index in [0.717, 1.165) is 43.6 Å². The van der Waals surface area contributed by atoms with Crippen molar-refractivity contribution in [1.29, 1.82) is 0 Å². The van der Waals surface area contributed by atoms with Crippen molar-refractivity contribution in [1.82, 2.24) is 15.5 Å². The SMILES string of the molecule is C1CC(c2nc(CC3CC3)no2)CN1. The van der Waals surface area contributed by atoms with Crippen molar-refractivity contribution in [2.24, 2.45) is 5.92 Å². The van der Waals surface area contributed by atoms with Crippen molar-refractivity contribution >= 4 is 0 Å². The Morgan fingerprint density at radius 3 is 3.00 bits per heavy atom. The summed E-state index contributed by atoms with van der Waals surface area (Å²) in [4.78, 5) is 4.45. The summed E-state index contributed by atoms with van der Waals surface area (Å²) in [6.07, 6.45) is 4.83. The van der Waals surface area contributed by atoms with E-state index in [1.54, 1.807) is 0 Å². The lowest BCUT2D eigenvalue weighted by Gasteiger charge is -1.98. The molecule has 0 aromatic carbocycles. The van der Waals surface area contributed by atoms with Crippen molar-refractivity contribution in [3.8, 4) is 0 Å². The summed E-state index contributed by atoms with van der Waals surface area (Å²) in [5.74, 6) is 3.04. The van der Waals surface area contributed by atoms with E-state index in [1.165, 1.54) is 12.8 Å². The summed E-state index contributed by atoms with van der Waals surface area (Å²) in [7, 11) is 0. The zero-order chi connectivity index (χ0) is 9.38. The molecule has 1 saturated carbocycles. The highest BCUT2D eigenvalue weighted by Gasteiger charge is 2.26. The van der Waals surface area contributed by atoms with E-state index in [2.05, 4.69) is 15.5 Å². The molecule has 3 rings (SSSR count). The number of nitrogens with one attached hydrogen (secondary N) is 1. The van der Waals surface area contributed by atoms with Gasteiger partial charge in [-0.05, 0) is 31.7 Å². The summed E-state index contributed by atoms with van der Waals surface area (Å²) < 4.78 is 5.28. The molecule has 4 nitrogen and oxygen atoms in total. The van der Waals surface area contributed by atoms with Gasteiger partial charge >= 0.3 is 0 Å². The molecular formula is C10H15N3O. The van der Waals surface area contributed by atoms with Gasteiger partial charge in [-0.25, -0.2) is 0 Å². The Balaban J connectivity index is 1.68. The van der Waals surface area contributed by atoms with Crippen LogP contribution in [0.1, 0.15) is 36.9 Å². The minimum absolute atomic E-state index is 0.454. The Hall–Kier alpha value is -0.900. The minimum atomic E-state index is 0.454. The smallest absolute Gasteiger partial charge is 0.231 e. The Morgan fingerprint density at radius 1 is 1.36 bits per heavy atom. The van der Waals surface area contributed by atoms with Crippen LogP contribution in [-0.2, 0) is 6.42 Å². The molecule has 0 amide bonds. The second kappa shape index (κ2) is 3.35. The first-order valence-corrected chi connectivity index (χ1v) is 5.45. The number of hydrogen-bond acceptors (Lipinski definition) is 4. The van der Waals surface area contributed by atoms with Crippen LogP contribution in [0.4, 0.5) is 0 Å². The summed E-state index contributed by atoms with van der Waals surface area (Å²) in [6.45, 7) is 2.07. The quantitative estimate of drug-likeness (QED) is 0.781. The van der Waals surface area contributed by atoms with Crippen LogP contribution in [0.25, 0.3) is 0 Å². The third kappa shape index (κ3) is 1.66. The zero-order valence-electron chi connectivity index (χ0n) is 8.20. The third-order valence-electron chi connectivity index (χ3n) is 3.06. The van der Waals surface area contributed by atoms with Gasteiger partial charge < -0.3 is 9.84 Å². The van der Waals surface area contributed by atoms with Crippen LogP contribution in [0.5, 0.6) is 0 Å². The molecule has 1 unspecified atom stereocenters. The monoisotopic (exact) mass is 193 g/mol. The molecule has 0 spiro atoms. The molecular weight excluding hydrogens is 178 g/mol. The van der Waals surface area contributed by atoms with Crippen LogP contribution in [0.2, 0.25) is 0 Å². The van der Waals surface area contributed by atoms with Gasteiger partial charge in [0, 0.05) is 13.0 Å². The van der Waals surface area contributed by atoms with E-state index in [-0.39, 0.29) is 0 Å². The average molecular weight is 193 g/mol. The highest BCUT2D eigenvalue weighted by molar-refractivity contribution is 4.99. The van der Waals surface area contributed by atoms with Crippen molar-refractivity contribution in [2.75, 3.05) is 13.1 Å². The van der Waals surface area contributed by atoms with Gasteiger partial charge in [-0.1, -0.05) is 5.16 Å². The molecule has 2 aliphatic rings. The first kappa shape index (κ1) is 8.41. The maximum Gasteiger partial charge on any atom is 0.231 e. The largest absolute Gasteiger partial charge is 0.339 e. The van der Waals surface area contributed by atoms with Crippen molar-refractivity contribution in [3.63, 3.8) is 0 Å². The molecule has 1 aromatic heterocycles. The molecule has 1 aliphatic heterocycles. The molecule has 2 heterocycles. The van der Waals surface area contributed by atoms with Crippen LogP contribution >= 0.6 is 0 Å². The fourth-order valence-corrected chi connectivity index (χ4v) is 1.96. The van der Waals surface area contributed by atoms with E-state index in [4.69, 9.17) is 4.52 Å². The predicted molar refractivity (Wildman–Crippen MR) is 51.0 cm³/mol.